The number of nitrogens with one attached hydrogen (secondary N) is 1. The van der Waals surface area contributed by atoms with Gasteiger partial charge in [-0.3, -0.25) is 11.3 Å². The van der Waals surface area contributed by atoms with Crippen LogP contribution in [-0.2, 0) is 4.74 Å². The van der Waals surface area contributed by atoms with E-state index >= 15 is 0 Å². The summed E-state index contributed by atoms with van der Waals surface area (Å²) in [6.45, 7) is 11.4. The first-order valence-electron chi connectivity index (χ1n) is 6.03. The number of thiophene rings is 1. The lowest BCUT2D eigenvalue weighted by Gasteiger charge is -2.36. The Kier molecular flexibility index (Phi) is 5.13. The molecule has 2 unspecified atom stereocenters. The van der Waals surface area contributed by atoms with E-state index in [-0.39, 0.29) is 17.6 Å². The summed E-state index contributed by atoms with van der Waals surface area (Å²) in [6, 6.07) is 2.22. The Labute approximate surface area is 108 Å². The van der Waals surface area contributed by atoms with Crippen LogP contribution in [-0.4, -0.2) is 12.7 Å². The lowest BCUT2D eigenvalue weighted by molar-refractivity contribution is -0.0365. The number of aryl methyl sites for hydroxylation is 1. The Morgan fingerprint density at radius 2 is 2.12 bits per heavy atom. The van der Waals surface area contributed by atoms with Gasteiger partial charge < -0.3 is 4.74 Å². The maximum atomic E-state index is 5.89. The Morgan fingerprint density at radius 3 is 2.47 bits per heavy atom. The summed E-state index contributed by atoms with van der Waals surface area (Å²) < 4.78 is 5.89. The van der Waals surface area contributed by atoms with Crippen molar-refractivity contribution in [2.75, 3.05) is 6.61 Å². The maximum absolute atomic E-state index is 5.89. The zero-order chi connectivity index (χ0) is 13.1. The summed E-state index contributed by atoms with van der Waals surface area (Å²) in [7, 11) is 0. The second-order valence-electron chi connectivity index (χ2n) is 5.38. The van der Waals surface area contributed by atoms with Gasteiger partial charge in [-0.05, 0) is 36.3 Å². The van der Waals surface area contributed by atoms with Gasteiger partial charge >= 0.3 is 0 Å². The van der Waals surface area contributed by atoms with Crippen molar-refractivity contribution in [1.29, 1.82) is 0 Å². The van der Waals surface area contributed by atoms with E-state index in [9.17, 15) is 0 Å². The molecule has 0 aromatic carbocycles. The highest BCUT2D eigenvalue weighted by atomic mass is 32.1. The van der Waals surface area contributed by atoms with Gasteiger partial charge in [-0.25, -0.2) is 0 Å². The highest BCUT2D eigenvalue weighted by molar-refractivity contribution is 7.10. The molecule has 0 saturated heterocycles. The molecule has 0 radical (unpaired) electrons. The van der Waals surface area contributed by atoms with Crippen LogP contribution in [0.25, 0.3) is 0 Å². The molecule has 0 bridgehead atoms. The molecule has 0 saturated carbocycles. The Bertz CT molecular complexity index is 343. The molecule has 98 valence electrons. The van der Waals surface area contributed by atoms with Crippen LogP contribution in [0.2, 0.25) is 0 Å². The smallest absolute Gasteiger partial charge is 0.0830 e. The molecule has 0 aliphatic rings. The van der Waals surface area contributed by atoms with Crippen LogP contribution < -0.4 is 11.3 Å². The predicted octanol–water partition coefficient (Wildman–Crippen LogP) is 3.01. The molecule has 2 atom stereocenters. The predicted molar refractivity (Wildman–Crippen MR) is 74.0 cm³/mol. The monoisotopic (exact) mass is 256 g/mol. The third kappa shape index (κ3) is 3.78. The van der Waals surface area contributed by atoms with Gasteiger partial charge in [0.05, 0.1) is 12.1 Å². The van der Waals surface area contributed by atoms with Gasteiger partial charge in [0, 0.05) is 11.5 Å². The minimum absolute atomic E-state index is 0.0416. The van der Waals surface area contributed by atoms with Crippen molar-refractivity contribution in [2.24, 2.45) is 11.3 Å². The van der Waals surface area contributed by atoms with Gasteiger partial charge in [0.1, 0.15) is 0 Å². The second kappa shape index (κ2) is 5.96. The molecule has 0 aliphatic heterocycles. The zero-order valence-electron chi connectivity index (χ0n) is 11.4. The molecule has 0 amide bonds. The van der Waals surface area contributed by atoms with Gasteiger partial charge in [0.25, 0.3) is 0 Å². The first kappa shape index (κ1) is 14.6. The number of hydrogen-bond donors (Lipinski definition) is 2. The number of nitrogens with two attached hydrogens (primary N) is 1. The molecule has 17 heavy (non-hydrogen) atoms. The van der Waals surface area contributed by atoms with Crippen molar-refractivity contribution in [3.63, 3.8) is 0 Å². The number of rotatable bonds is 5. The quantitative estimate of drug-likeness (QED) is 0.629. The third-order valence-electron chi connectivity index (χ3n) is 2.79. The molecule has 0 spiro atoms. The van der Waals surface area contributed by atoms with Crippen LogP contribution in [0, 0.1) is 12.3 Å². The van der Waals surface area contributed by atoms with Gasteiger partial charge in [-0.1, -0.05) is 20.8 Å². The normalized spacial score (nSPS) is 15.9. The summed E-state index contributed by atoms with van der Waals surface area (Å²) in [5.74, 6) is 5.72. The summed E-state index contributed by atoms with van der Waals surface area (Å²) in [4.78, 5) is 1.30. The summed E-state index contributed by atoms with van der Waals surface area (Å²) in [5, 5.41) is 2.15. The average molecular weight is 256 g/mol. The molecule has 4 heteroatoms. The van der Waals surface area contributed by atoms with Crippen molar-refractivity contribution in [1.82, 2.24) is 5.43 Å². The summed E-state index contributed by atoms with van der Waals surface area (Å²) >= 11 is 1.74. The van der Waals surface area contributed by atoms with E-state index in [1.54, 1.807) is 11.3 Å². The highest BCUT2D eigenvalue weighted by Gasteiger charge is 2.33. The first-order valence-corrected chi connectivity index (χ1v) is 6.91. The third-order valence-corrected chi connectivity index (χ3v) is 3.67. The molecular weight excluding hydrogens is 232 g/mol. The van der Waals surface area contributed by atoms with Crippen molar-refractivity contribution >= 4 is 11.3 Å². The molecule has 3 nitrogen and oxygen atoms in total. The van der Waals surface area contributed by atoms with E-state index in [2.05, 4.69) is 44.6 Å². The highest BCUT2D eigenvalue weighted by Crippen LogP contribution is 2.34. The Morgan fingerprint density at radius 1 is 1.47 bits per heavy atom. The molecule has 1 heterocycles. The van der Waals surface area contributed by atoms with E-state index in [4.69, 9.17) is 10.6 Å². The molecule has 0 aliphatic carbocycles. The Balaban J connectivity index is 2.97. The maximum Gasteiger partial charge on any atom is 0.0830 e. The van der Waals surface area contributed by atoms with E-state index < -0.39 is 0 Å². The van der Waals surface area contributed by atoms with E-state index in [1.807, 2.05) is 6.92 Å². The van der Waals surface area contributed by atoms with E-state index in [1.165, 1.54) is 10.4 Å². The van der Waals surface area contributed by atoms with Gasteiger partial charge in [-0.15, -0.1) is 11.3 Å². The number of hydrazine groups is 1. The minimum Gasteiger partial charge on any atom is -0.376 e. The molecule has 1 rings (SSSR count). The zero-order valence-corrected chi connectivity index (χ0v) is 12.2. The van der Waals surface area contributed by atoms with E-state index in [0.29, 0.717) is 6.61 Å². The van der Waals surface area contributed by atoms with Gasteiger partial charge in [0.2, 0.25) is 0 Å². The molecule has 0 fully saturated rings. The fraction of sp³-hybridized carbons (Fsp3) is 0.692. The SMILES string of the molecule is CCOC(C(NN)c1csc(C)c1)C(C)(C)C. The first-order chi connectivity index (χ1) is 7.90. The van der Waals surface area contributed by atoms with Gasteiger partial charge in [-0.2, -0.15) is 0 Å². The van der Waals surface area contributed by atoms with E-state index in [0.717, 1.165) is 0 Å². The molecular formula is C13H24N2OS. The van der Waals surface area contributed by atoms with Crippen LogP contribution in [0.1, 0.15) is 44.2 Å². The standard InChI is InChI=1S/C13H24N2OS/c1-6-16-12(13(3,4)5)11(15-14)10-7-9(2)17-8-10/h7-8,11-12,15H,6,14H2,1-5H3. The van der Waals surface area contributed by atoms with Crippen molar-refractivity contribution in [2.45, 2.75) is 46.8 Å². The minimum atomic E-state index is 0.0416. The molecule has 1 aromatic rings. The fourth-order valence-corrected chi connectivity index (χ4v) is 2.75. The average Bonchev–Trinajstić information content (AvgIpc) is 2.63. The van der Waals surface area contributed by atoms with Crippen LogP contribution in [0.5, 0.6) is 0 Å². The molecule has 3 N–H and O–H groups in total. The number of hydrogen-bond acceptors (Lipinski definition) is 4. The largest absolute Gasteiger partial charge is 0.376 e. The van der Waals surface area contributed by atoms with Crippen LogP contribution >= 0.6 is 11.3 Å². The fourth-order valence-electron chi connectivity index (χ4n) is 2.01. The van der Waals surface area contributed by atoms with Gasteiger partial charge in [0.15, 0.2) is 0 Å². The molecule has 1 aromatic heterocycles. The van der Waals surface area contributed by atoms with Crippen LogP contribution in [0.4, 0.5) is 0 Å². The van der Waals surface area contributed by atoms with Crippen LogP contribution in [0.15, 0.2) is 11.4 Å². The van der Waals surface area contributed by atoms with Crippen LogP contribution in [0.3, 0.4) is 0 Å². The topological polar surface area (TPSA) is 47.3 Å². The lowest BCUT2D eigenvalue weighted by Crippen LogP contribution is -2.44. The second-order valence-corrected chi connectivity index (χ2v) is 6.49. The lowest BCUT2D eigenvalue weighted by atomic mass is 9.82. The van der Waals surface area contributed by atoms with Crippen molar-refractivity contribution in [3.05, 3.63) is 21.9 Å². The summed E-state index contributed by atoms with van der Waals surface area (Å²) in [5.41, 5.74) is 4.16. The Hall–Kier alpha value is -0.420. The van der Waals surface area contributed by atoms with Crippen molar-refractivity contribution in [3.8, 4) is 0 Å². The van der Waals surface area contributed by atoms with Crippen molar-refractivity contribution < 1.29 is 4.74 Å². The number of ether oxygens (including phenoxy) is 1. The summed E-state index contributed by atoms with van der Waals surface area (Å²) in [6.07, 6.45) is 0.0616.